The van der Waals surface area contributed by atoms with E-state index in [4.69, 9.17) is 4.98 Å². The van der Waals surface area contributed by atoms with Crippen LogP contribution in [-0.4, -0.2) is 59.5 Å². The number of amides is 1. The summed E-state index contributed by atoms with van der Waals surface area (Å²) < 4.78 is 0. The number of fused-ring (bicyclic) bond motifs is 1. The largest absolute Gasteiger partial charge is 0.341 e. The summed E-state index contributed by atoms with van der Waals surface area (Å²) in [6.07, 6.45) is 7.29. The van der Waals surface area contributed by atoms with E-state index in [1.807, 2.05) is 16.2 Å². The minimum absolute atomic E-state index is 0.0311. The Morgan fingerprint density at radius 3 is 2.83 bits per heavy atom. The Hall–Kier alpha value is -0.980. The first kappa shape index (κ1) is 15.5. The van der Waals surface area contributed by atoms with Crippen molar-refractivity contribution in [2.24, 2.45) is 0 Å². The van der Waals surface area contributed by atoms with Gasteiger partial charge in [0.05, 0.1) is 18.3 Å². The molecule has 0 unspecified atom stereocenters. The second kappa shape index (κ2) is 6.87. The smallest absolute Gasteiger partial charge is 0.241 e. The highest BCUT2D eigenvalue weighted by molar-refractivity contribution is 7.11. The van der Waals surface area contributed by atoms with Crippen LogP contribution in [0.15, 0.2) is 0 Å². The van der Waals surface area contributed by atoms with E-state index < -0.39 is 0 Å². The molecule has 0 aromatic carbocycles. The Morgan fingerprint density at radius 2 is 2.00 bits per heavy atom. The third-order valence-electron chi connectivity index (χ3n) is 5.22. The molecule has 1 N–H and O–H groups in total. The molecule has 0 radical (unpaired) electrons. The average Bonchev–Trinajstić information content (AvgIpc) is 3.23. The normalized spacial score (nSPS) is 25.6. The zero-order chi connectivity index (χ0) is 15.6. The molecule has 2 fully saturated rings. The predicted molar refractivity (Wildman–Crippen MR) is 91.6 cm³/mol. The van der Waals surface area contributed by atoms with Crippen LogP contribution in [0.25, 0.3) is 0 Å². The minimum atomic E-state index is -0.0311. The molecule has 6 heteroatoms. The van der Waals surface area contributed by atoms with Gasteiger partial charge in [0.15, 0.2) is 0 Å². The van der Waals surface area contributed by atoms with Crippen molar-refractivity contribution >= 4 is 17.2 Å². The number of rotatable bonds is 3. The third-order valence-corrected chi connectivity index (χ3v) is 6.37. The second-order valence-corrected chi connectivity index (χ2v) is 8.13. The standard InChI is InChI=1S/C17H26N4OS/c22-17(21-8-3-4-9-21)14-11-20(10-7-18-14)12-16-19-13-5-1-2-6-15(13)23-16/h14,18H,1-12H2/t14-/m0/s1. The molecule has 1 aromatic heterocycles. The van der Waals surface area contributed by atoms with Crippen LogP contribution >= 0.6 is 11.3 Å². The number of aromatic nitrogens is 1. The molecule has 5 nitrogen and oxygen atoms in total. The van der Waals surface area contributed by atoms with E-state index in [0.717, 1.165) is 58.5 Å². The Bertz CT molecular complexity index is 543. The van der Waals surface area contributed by atoms with E-state index >= 15 is 0 Å². The number of likely N-dealkylation sites (tertiary alicyclic amines) is 1. The fourth-order valence-corrected chi connectivity index (χ4v) is 5.14. The number of nitrogens with zero attached hydrogens (tertiary/aromatic N) is 3. The number of hydrogen-bond donors (Lipinski definition) is 1. The summed E-state index contributed by atoms with van der Waals surface area (Å²) in [5, 5.41) is 4.65. The summed E-state index contributed by atoms with van der Waals surface area (Å²) in [6, 6.07) is -0.0311. The molecule has 23 heavy (non-hydrogen) atoms. The van der Waals surface area contributed by atoms with Gasteiger partial charge in [-0.1, -0.05) is 0 Å². The summed E-state index contributed by atoms with van der Waals surface area (Å²) in [5.74, 6) is 0.297. The van der Waals surface area contributed by atoms with Crippen molar-refractivity contribution in [3.8, 4) is 0 Å². The first-order valence-corrected chi connectivity index (χ1v) is 9.83. The van der Waals surface area contributed by atoms with Crippen molar-refractivity contribution in [3.05, 3.63) is 15.6 Å². The molecule has 0 spiro atoms. The molecular formula is C17H26N4OS. The number of nitrogens with one attached hydrogen (secondary N) is 1. The fraction of sp³-hybridized carbons (Fsp3) is 0.765. The first-order chi connectivity index (χ1) is 11.3. The van der Waals surface area contributed by atoms with Crippen LogP contribution in [0.3, 0.4) is 0 Å². The molecule has 1 atom stereocenters. The van der Waals surface area contributed by atoms with Gasteiger partial charge in [-0.3, -0.25) is 9.69 Å². The zero-order valence-electron chi connectivity index (χ0n) is 13.7. The Labute approximate surface area is 142 Å². The number of piperazine rings is 1. The van der Waals surface area contributed by atoms with E-state index in [9.17, 15) is 4.79 Å². The maximum atomic E-state index is 12.6. The molecule has 3 heterocycles. The summed E-state index contributed by atoms with van der Waals surface area (Å²) in [6.45, 7) is 5.51. The number of carbonyl (C=O) groups is 1. The molecule has 1 amide bonds. The van der Waals surface area contributed by atoms with E-state index in [1.54, 1.807) is 0 Å². The first-order valence-electron chi connectivity index (χ1n) is 9.01. The van der Waals surface area contributed by atoms with E-state index in [1.165, 1.54) is 34.8 Å². The highest BCUT2D eigenvalue weighted by atomic mass is 32.1. The van der Waals surface area contributed by atoms with E-state index in [-0.39, 0.29) is 6.04 Å². The van der Waals surface area contributed by atoms with Gasteiger partial charge >= 0.3 is 0 Å². The number of aryl methyl sites for hydroxylation is 2. The van der Waals surface area contributed by atoms with Gasteiger partial charge in [0.1, 0.15) is 5.01 Å². The van der Waals surface area contributed by atoms with Gasteiger partial charge in [-0.25, -0.2) is 4.98 Å². The Morgan fingerprint density at radius 1 is 1.17 bits per heavy atom. The molecule has 126 valence electrons. The number of hydrogen-bond acceptors (Lipinski definition) is 5. The van der Waals surface area contributed by atoms with Gasteiger partial charge in [-0.15, -0.1) is 11.3 Å². The third kappa shape index (κ3) is 3.44. The molecule has 2 aliphatic heterocycles. The highest BCUT2D eigenvalue weighted by Crippen LogP contribution is 2.27. The van der Waals surface area contributed by atoms with Crippen LogP contribution in [0, 0.1) is 0 Å². The maximum Gasteiger partial charge on any atom is 0.241 e. The summed E-state index contributed by atoms with van der Waals surface area (Å²) in [5.41, 5.74) is 1.34. The van der Waals surface area contributed by atoms with Crippen molar-refractivity contribution in [2.75, 3.05) is 32.7 Å². The lowest BCUT2D eigenvalue weighted by Crippen LogP contribution is -2.57. The van der Waals surface area contributed by atoms with E-state index in [2.05, 4.69) is 10.2 Å². The van der Waals surface area contributed by atoms with Crippen LogP contribution in [0.1, 0.15) is 41.3 Å². The van der Waals surface area contributed by atoms with Crippen molar-refractivity contribution < 1.29 is 4.79 Å². The lowest BCUT2D eigenvalue weighted by molar-refractivity contribution is -0.133. The summed E-state index contributed by atoms with van der Waals surface area (Å²) >= 11 is 1.90. The van der Waals surface area contributed by atoms with Crippen molar-refractivity contribution in [1.82, 2.24) is 20.1 Å². The van der Waals surface area contributed by atoms with Gasteiger partial charge in [0, 0.05) is 37.6 Å². The van der Waals surface area contributed by atoms with Gasteiger partial charge in [0.2, 0.25) is 5.91 Å². The van der Waals surface area contributed by atoms with Crippen molar-refractivity contribution in [3.63, 3.8) is 0 Å². The van der Waals surface area contributed by atoms with Crippen molar-refractivity contribution in [1.29, 1.82) is 0 Å². The van der Waals surface area contributed by atoms with Crippen LogP contribution in [0.5, 0.6) is 0 Å². The molecule has 0 bridgehead atoms. The lowest BCUT2D eigenvalue weighted by atomic mass is 10.0. The molecule has 1 aliphatic carbocycles. The Balaban J connectivity index is 1.37. The minimum Gasteiger partial charge on any atom is -0.341 e. The van der Waals surface area contributed by atoms with Gasteiger partial charge < -0.3 is 10.2 Å². The molecule has 4 rings (SSSR count). The molecular weight excluding hydrogens is 308 g/mol. The monoisotopic (exact) mass is 334 g/mol. The van der Waals surface area contributed by atoms with E-state index in [0.29, 0.717) is 5.91 Å². The second-order valence-electron chi connectivity index (χ2n) is 6.96. The van der Waals surface area contributed by atoms with Gasteiger partial charge in [0.25, 0.3) is 0 Å². The predicted octanol–water partition coefficient (Wildman–Crippen LogP) is 1.42. The topological polar surface area (TPSA) is 48.5 Å². The molecule has 2 saturated heterocycles. The number of carbonyl (C=O) groups excluding carboxylic acids is 1. The lowest BCUT2D eigenvalue weighted by Gasteiger charge is -2.34. The van der Waals surface area contributed by atoms with Crippen LogP contribution in [0.4, 0.5) is 0 Å². The average molecular weight is 334 g/mol. The van der Waals surface area contributed by atoms with Crippen LogP contribution < -0.4 is 5.32 Å². The zero-order valence-corrected chi connectivity index (χ0v) is 14.5. The summed E-state index contributed by atoms with van der Waals surface area (Å²) in [4.78, 5) is 23.4. The van der Waals surface area contributed by atoms with Gasteiger partial charge in [-0.2, -0.15) is 0 Å². The molecule has 0 saturated carbocycles. The van der Waals surface area contributed by atoms with Crippen LogP contribution in [0.2, 0.25) is 0 Å². The number of thiazole rings is 1. The summed E-state index contributed by atoms with van der Waals surface area (Å²) in [7, 11) is 0. The van der Waals surface area contributed by atoms with Crippen LogP contribution in [-0.2, 0) is 24.2 Å². The van der Waals surface area contributed by atoms with Crippen molar-refractivity contribution in [2.45, 2.75) is 51.1 Å². The van der Waals surface area contributed by atoms with Gasteiger partial charge in [-0.05, 0) is 38.5 Å². The maximum absolute atomic E-state index is 12.6. The SMILES string of the molecule is O=C([C@@H]1CN(Cc2nc3c(s2)CCCC3)CCN1)N1CCCC1. The molecule has 3 aliphatic rings. The molecule has 1 aromatic rings. The Kier molecular flexibility index (Phi) is 4.64. The highest BCUT2D eigenvalue weighted by Gasteiger charge is 2.30. The fourth-order valence-electron chi connectivity index (χ4n) is 3.94. The quantitative estimate of drug-likeness (QED) is 0.908.